The highest BCUT2D eigenvalue weighted by atomic mass is 32.1. The molecule has 3 heteroatoms. The van der Waals surface area contributed by atoms with Crippen molar-refractivity contribution in [2.45, 2.75) is 19.8 Å². The lowest BCUT2D eigenvalue weighted by molar-refractivity contribution is 0.0993. The molecule has 0 unspecified atom stereocenters. The van der Waals surface area contributed by atoms with Crippen LogP contribution in [0.2, 0.25) is 0 Å². The summed E-state index contributed by atoms with van der Waals surface area (Å²) in [7, 11) is 0. The Bertz CT molecular complexity index is 503. The molecule has 0 fully saturated rings. The van der Waals surface area contributed by atoms with E-state index in [9.17, 15) is 4.79 Å². The van der Waals surface area contributed by atoms with Crippen molar-refractivity contribution < 1.29 is 9.53 Å². The first kappa shape index (κ1) is 12.8. The zero-order valence-corrected chi connectivity index (χ0v) is 11.2. The fourth-order valence-corrected chi connectivity index (χ4v) is 2.36. The molecular formula is C15H16O2S. The molecule has 0 atom stereocenters. The van der Waals surface area contributed by atoms with E-state index in [1.807, 2.05) is 41.8 Å². The quantitative estimate of drug-likeness (QED) is 0.735. The summed E-state index contributed by atoms with van der Waals surface area (Å²) < 4.78 is 5.53. The predicted molar refractivity (Wildman–Crippen MR) is 74.6 cm³/mol. The monoisotopic (exact) mass is 260 g/mol. The van der Waals surface area contributed by atoms with Crippen LogP contribution in [-0.2, 0) is 6.42 Å². The third-order valence-electron chi connectivity index (χ3n) is 2.54. The van der Waals surface area contributed by atoms with Gasteiger partial charge in [-0.1, -0.05) is 25.1 Å². The van der Waals surface area contributed by atoms with Gasteiger partial charge in [0.2, 0.25) is 0 Å². The Labute approximate surface area is 111 Å². The maximum absolute atomic E-state index is 12.1. The van der Waals surface area contributed by atoms with Gasteiger partial charge in [-0.25, -0.2) is 0 Å². The lowest BCUT2D eigenvalue weighted by Crippen LogP contribution is -2.03. The van der Waals surface area contributed by atoms with Crippen molar-refractivity contribution >= 4 is 17.1 Å². The van der Waals surface area contributed by atoms with Gasteiger partial charge in [-0.15, -0.1) is 11.3 Å². The van der Waals surface area contributed by atoms with E-state index in [1.54, 1.807) is 11.3 Å². The molecule has 0 aliphatic heterocycles. The SMILES string of the molecule is CCCOc1cccc(C(=O)Cc2cccs2)c1. The number of carbonyl (C=O) groups is 1. The molecule has 2 aromatic rings. The molecule has 0 saturated carbocycles. The van der Waals surface area contributed by atoms with Crippen molar-refractivity contribution in [2.75, 3.05) is 6.61 Å². The molecule has 0 N–H and O–H groups in total. The molecule has 94 valence electrons. The number of thiophene rings is 1. The second-order valence-electron chi connectivity index (χ2n) is 4.06. The lowest BCUT2D eigenvalue weighted by Gasteiger charge is -2.06. The average molecular weight is 260 g/mol. The average Bonchev–Trinajstić information content (AvgIpc) is 2.89. The number of ether oxygens (including phenoxy) is 1. The van der Waals surface area contributed by atoms with Crippen molar-refractivity contribution in [3.8, 4) is 5.75 Å². The summed E-state index contributed by atoms with van der Waals surface area (Å²) in [5, 5.41) is 1.99. The lowest BCUT2D eigenvalue weighted by atomic mass is 10.1. The summed E-state index contributed by atoms with van der Waals surface area (Å²) in [5.74, 6) is 0.910. The van der Waals surface area contributed by atoms with Gasteiger partial charge in [0.15, 0.2) is 5.78 Å². The molecule has 0 radical (unpaired) electrons. The van der Waals surface area contributed by atoms with Crippen LogP contribution in [0.5, 0.6) is 5.75 Å². The summed E-state index contributed by atoms with van der Waals surface area (Å²) in [6, 6.07) is 11.4. The van der Waals surface area contributed by atoms with Crippen LogP contribution in [0.1, 0.15) is 28.6 Å². The van der Waals surface area contributed by atoms with Crippen LogP contribution in [0.15, 0.2) is 41.8 Å². The van der Waals surface area contributed by atoms with E-state index in [0.717, 1.165) is 22.6 Å². The van der Waals surface area contributed by atoms with Gasteiger partial charge in [0.25, 0.3) is 0 Å². The first-order valence-corrected chi connectivity index (χ1v) is 6.96. The molecule has 0 bridgehead atoms. The zero-order chi connectivity index (χ0) is 12.8. The number of Topliss-reactive ketones (excluding diaryl/α,β-unsaturated/α-hetero) is 1. The van der Waals surface area contributed by atoms with Crippen molar-refractivity contribution in [1.29, 1.82) is 0 Å². The Morgan fingerprint density at radius 1 is 1.28 bits per heavy atom. The normalized spacial score (nSPS) is 10.3. The van der Waals surface area contributed by atoms with E-state index < -0.39 is 0 Å². The summed E-state index contributed by atoms with van der Waals surface area (Å²) in [4.78, 5) is 13.2. The van der Waals surface area contributed by atoms with E-state index in [1.165, 1.54) is 0 Å². The summed E-state index contributed by atoms with van der Waals surface area (Å²) in [5.41, 5.74) is 0.719. The first-order chi connectivity index (χ1) is 8.79. The van der Waals surface area contributed by atoms with E-state index in [2.05, 4.69) is 6.92 Å². The van der Waals surface area contributed by atoms with Crippen LogP contribution < -0.4 is 4.74 Å². The molecule has 1 heterocycles. The second-order valence-corrected chi connectivity index (χ2v) is 5.09. The molecule has 1 aromatic heterocycles. The summed E-state index contributed by atoms with van der Waals surface area (Å²) >= 11 is 1.61. The number of ketones is 1. The van der Waals surface area contributed by atoms with Gasteiger partial charge in [0, 0.05) is 16.9 Å². The number of benzene rings is 1. The second kappa shape index (κ2) is 6.36. The Kier molecular flexibility index (Phi) is 4.53. The molecule has 1 aromatic carbocycles. The smallest absolute Gasteiger partial charge is 0.168 e. The van der Waals surface area contributed by atoms with Crippen molar-refractivity contribution in [1.82, 2.24) is 0 Å². The van der Waals surface area contributed by atoms with Crippen LogP contribution in [0, 0.1) is 0 Å². The van der Waals surface area contributed by atoms with Gasteiger partial charge in [-0.3, -0.25) is 4.79 Å². The Morgan fingerprint density at radius 3 is 2.89 bits per heavy atom. The van der Waals surface area contributed by atoms with Gasteiger partial charge in [-0.05, 0) is 30.0 Å². The first-order valence-electron chi connectivity index (χ1n) is 6.08. The third kappa shape index (κ3) is 3.44. The molecule has 0 saturated heterocycles. The van der Waals surface area contributed by atoms with E-state index >= 15 is 0 Å². The van der Waals surface area contributed by atoms with E-state index in [4.69, 9.17) is 4.74 Å². The maximum Gasteiger partial charge on any atom is 0.168 e. The minimum Gasteiger partial charge on any atom is -0.494 e. The molecule has 0 aliphatic carbocycles. The molecule has 0 aliphatic rings. The standard InChI is InChI=1S/C15H16O2S/c1-2-8-17-13-6-3-5-12(10-13)15(16)11-14-7-4-9-18-14/h3-7,9-10H,2,8,11H2,1H3. The summed E-state index contributed by atoms with van der Waals surface area (Å²) in [6.45, 7) is 2.74. The Balaban J connectivity index is 2.05. The minimum absolute atomic E-state index is 0.138. The Hall–Kier alpha value is -1.61. The van der Waals surface area contributed by atoms with Gasteiger partial charge < -0.3 is 4.74 Å². The van der Waals surface area contributed by atoms with Crippen LogP contribution >= 0.6 is 11.3 Å². The van der Waals surface area contributed by atoms with Gasteiger partial charge in [0.05, 0.1) is 6.61 Å². The molecule has 0 spiro atoms. The topological polar surface area (TPSA) is 26.3 Å². The highest BCUT2D eigenvalue weighted by Crippen LogP contribution is 2.17. The molecular weight excluding hydrogens is 244 g/mol. The van der Waals surface area contributed by atoms with Crippen LogP contribution in [0.4, 0.5) is 0 Å². The molecule has 2 rings (SSSR count). The van der Waals surface area contributed by atoms with E-state index in [0.29, 0.717) is 13.0 Å². The van der Waals surface area contributed by atoms with Crippen LogP contribution in [0.25, 0.3) is 0 Å². The highest BCUT2D eigenvalue weighted by Gasteiger charge is 2.08. The van der Waals surface area contributed by atoms with Crippen LogP contribution in [0.3, 0.4) is 0 Å². The highest BCUT2D eigenvalue weighted by molar-refractivity contribution is 7.10. The van der Waals surface area contributed by atoms with Gasteiger partial charge >= 0.3 is 0 Å². The van der Waals surface area contributed by atoms with E-state index in [-0.39, 0.29) is 5.78 Å². The maximum atomic E-state index is 12.1. The number of hydrogen-bond acceptors (Lipinski definition) is 3. The van der Waals surface area contributed by atoms with Crippen molar-refractivity contribution in [3.63, 3.8) is 0 Å². The van der Waals surface area contributed by atoms with Crippen LogP contribution in [-0.4, -0.2) is 12.4 Å². The molecule has 0 amide bonds. The van der Waals surface area contributed by atoms with Crippen molar-refractivity contribution in [2.24, 2.45) is 0 Å². The number of rotatable bonds is 6. The van der Waals surface area contributed by atoms with Gasteiger partial charge in [0.1, 0.15) is 5.75 Å². The largest absolute Gasteiger partial charge is 0.494 e. The number of carbonyl (C=O) groups excluding carboxylic acids is 1. The Morgan fingerprint density at radius 2 is 2.17 bits per heavy atom. The molecule has 18 heavy (non-hydrogen) atoms. The third-order valence-corrected chi connectivity index (χ3v) is 3.42. The number of hydrogen-bond donors (Lipinski definition) is 0. The fourth-order valence-electron chi connectivity index (χ4n) is 1.65. The van der Waals surface area contributed by atoms with Crippen molar-refractivity contribution in [3.05, 3.63) is 52.2 Å². The predicted octanol–water partition coefficient (Wildman–Crippen LogP) is 3.96. The van der Waals surface area contributed by atoms with Gasteiger partial charge in [-0.2, -0.15) is 0 Å². The molecule has 2 nitrogen and oxygen atoms in total. The minimum atomic E-state index is 0.138. The summed E-state index contributed by atoms with van der Waals surface area (Å²) in [6.07, 6.45) is 1.43. The zero-order valence-electron chi connectivity index (χ0n) is 10.4. The fraction of sp³-hybridized carbons (Fsp3) is 0.267.